The number of hydrazine groups is 1. The highest BCUT2D eigenvalue weighted by atomic mass is 19.1. The van der Waals surface area contributed by atoms with Crippen LogP contribution in [0.3, 0.4) is 0 Å². The van der Waals surface area contributed by atoms with Crippen LogP contribution in [0.15, 0.2) is 24.3 Å². The maximum Gasteiger partial charge on any atom is 0.123 e. The van der Waals surface area contributed by atoms with E-state index in [1.54, 1.807) is 0 Å². The van der Waals surface area contributed by atoms with Crippen molar-refractivity contribution in [3.05, 3.63) is 35.6 Å². The fourth-order valence-electron chi connectivity index (χ4n) is 2.75. The molecule has 0 heterocycles. The van der Waals surface area contributed by atoms with Gasteiger partial charge in [-0.25, -0.2) is 4.39 Å². The number of halogens is 1. The van der Waals surface area contributed by atoms with Crippen LogP contribution >= 0.6 is 0 Å². The number of nitrogens with two attached hydrogens (primary N) is 1. The molecular formula is C15H25FN2. The van der Waals surface area contributed by atoms with Crippen molar-refractivity contribution < 1.29 is 4.39 Å². The summed E-state index contributed by atoms with van der Waals surface area (Å²) in [6.07, 6.45) is 2.16. The summed E-state index contributed by atoms with van der Waals surface area (Å²) in [5, 5.41) is 0. The Labute approximate surface area is 110 Å². The maximum atomic E-state index is 13.0. The van der Waals surface area contributed by atoms with Crippen molar-refractivity contribution in [2.24, 2.45) is 11.8 Å². The summed E-state index contributed by atoms with van der Waals surface area (Å²) in [6.45, 7) is 8.67. The van der Waals surface area contributed by atoms with Crippen LogP contribution in [-0.2, 0) is 5.41 Å². The molecule has 0 fully saturated rings. The SMILES string of the molecule is CCC(CC)C(NN)C(C)(C)c1ccc(F)cc1. The molecule has 0 amide bonds. The molecule has 2 nitrogen and oxygen atoms in total. The van der Waals surface area contributed by atoms with Crippen LogP contribution in [0.4, 0.5) is 4.39 Å². The van der Waals surface area contributed by atoms with Gasteiger partial charge < -0.3 is 0 Å². The smallest absolute Gasteiger partial charge is 0.123 e. The van der Waals surface area contributed by atoms with Gasteiger partial charge in [0.25, 0.3) is 0 Å². The quantitative estimate of drug-likeness (QED) is 0.602. The largest absolute Gasteiger partial charge is 0.271 e. The lowest BCUT2D eigenvalue weighted by molar-refractivity contribution is 0.234. The molecule has 0 aliphatic rings. The molecule has 3 N–H and O–H groups in total. The Kier molecular flexibility index (Phi) is 5.29. The van der Waals surface area contributed by atoms with Gasteiger partial charge in [0.1, 0.15) is 5.82 Å². The lowest BCUT2D eigenvalue weighted by atomic mass is 9.71. The standard InChI is InChI=1S/C15H25FN2/c1-5-11(6-2)14(18-17)15(3,4)12-7-9-13(16)10-8-12/h7-11,14,18H,5-6,17H2,1-4H3. The molecule has 1 aromatic rings. The van der Waals surface area contributed by atoms with Crippen molar-refractivity contribution in [2.75, 3.05) is 0 Å². The first-order chi connectivity index (χ1) is 8.47. The Morgan fingerprint density at radius 1 is 1.17 bits per heavy atom. The molecule has 0 aromatic heterocycles. The molecule has 0 aliphatic carbocycles. The summed E-state index contributed by atoms with van der Waals surface area (Å²) in [5.74, 6) is 6.06. The molecule has 102 valence electrons. The van der Waals surface area contributed by atoms with Crippen molar-refractivity contribution in [2.45, 2.75) is 52.0 Å². The van der Waals surface area contributed by atoms with E-state index in [-0.39, 0.29) is 17.3 Å². The summed E-state index contributed by atoms with van der Waals surface area (Å²) in [4.78, 5) is 0. The third-order valence-corrected chi connectivity index (χ3v) is 4.07. The first-order valence-electron chi connectivity index (χ1n) is 6.69. The Morgan fingerprint density at radius 2 is 1.67 bits per heavy atom. The van der Waals surface area contributed by atoms with Crippen molar-refractivity contribution >= 4 is 0 Å². The van der Waals surface area contributed by atoms with Gasteiger partial charge >= 0.3 is 0 Å². The minimum absolute atomic E-state index is 0.126. The molecule has 0 spiro atoms. The zero-order valence-electron chi connectivity index (χ0n) is 11.8. The van der Waals surface area contributed by atoms with E-state index in [4.69, 9.17) is 5.84 Å². The summed E-state index contributed by atoms with van der Waals surface area (Å²) in [5.41, 5.74) is 3.95. The average Bonchev–Trinajstić information content (AvgIpc) is 2.35. The van der Waals surface area contributed by atoms with Crippen LogP contribution in [0, 0.1) is 11.7 Å². The molecule has 3 heteroatoms. The van der Waals surface area contributed by atoms with Gasteiger partial charge in [-0.1, -0.05) is 52.7 Å². The van der Waals surface area contributed by atoms with Crippen molar-refractivity contribution in [1.29, 1.82) is 0 Å². The molecule has 0 bridgehead atoms. The summed E-state index contributed by atoms with van der Waals surface area (Å²) >= 11 is 0. The minimum atomic E-state index is -0.200. The molecule has 0 radical (unpaired) electrons. The second kappa shape index (κ2) is 6.30. The van der Waals surface area contributed by atoms with E-state index in [1.165, 1.54) is 12.1 Å². The third kappa shape index (κ3) is 3.09. The van der Waals surface area contributed by atoms with E-state index in [1.807, 2.05) is 12.1 Å². The van der Waals surface area contributed by atoms with Crippen LogP contribution in [0.1, 0.15) is 46.1 Å². The second-order valence-electron chi connectivity index (χ2n) is 5.45. The van der Waals surface area contributed by atoms with E-state index in [0.717, 1.165) is 18.4 Å². The predicted octanol–water partition coefficient (Wildman–Crippen LogP) is 3.37. The number of hydrogen-bond donors (Lipinski definition) is 2. The van der Waals surface area contributed by atoms with E-state index in [9.17, 15) is 4.39 Å². The Bertz CT molecular complexity index is 355. The molecule has 1 aromatic carbocycles. The molecule has 1 unspecified atom stereocenters. The highest BCUT2D eigenvalue weighted by Crippen LogP contribution is 2.33. The van der Waals surface area contributed by atoms with E-state index in [2.05, 4.69) is 33.1 Å². The van der Waals surface area contributed by atoms with E-state index < -0.39 is 0 Å². The molecular weight excluding hydrogens is 227 g/mol. The third-order valence-electron chi connectivity index (χ3n) is 4.07. The molecule has 18 heavy (non-hydrogen) atoms. The second-order valence-corrected chi connectivity index (χ2v) is 5.45. The lowest BCUT2D eigenvalue weighted by Gasteiger charge is -2.39. The zero-order valence-corrected chi connectivity index (χ0v) is 11.8. The average molecular weight is 252 g/mol. The summed E-state index contributed by atoms with van der Waals surface area (Å²) < 4.78 is 13.0. The van der Waals surface area contributed by atoms with Crippen LogP contribution in [0.25, 0.3) is 0 Å². The number of hydrogen-bond acceptors (Lipinski definition) is 2. The van der Waals surface area contributed by atoms with Crippen molar-refractivity contribution in [3.63, 3.8) is 0 Å². The van der Waals surface area contributed by atoms with Gasteiger partial charge in [0.05, 0.1) is 0 Å². The van der Waals surface area contributed by atoms with E-state index >= 15 is 0 Å². The summed E-state index contributed by atoms with van der Waals surface area (Å²) in [7, 11) is 0. The molecule has 1 atom stereocenters. The molecule has 0 saturated carbocycles. The fourth-order valence-corrected chi connectivity index (χ4v) is 2.75. The van der Waals surface area contributed by atoms with E-state index in [0.29, 0.717) is 5.92 Å². The van der Waals surface area contributed by atoms with Gasteiger partial charge in [0.15, 0.2) is 0 Å². The van der Waals surface area contributed by atoms with Gasteiger partial charge in [-0.05, 0) is 23.6 Å². The normalized spacial score (nSPS) is 13.9. The Morgan fingerprint density at radius 3 is 2.06 bits per heavy atom. The van der Waals surface area contributed by atoms with Gasteiger partial charge in [-0.3, -0.25) is 11.3 Å². The zero-order chi connectivity index (χ0) is 13.8. The van der Waals surface area contributed by atoms with Crippen LogP contribution in [0.5, 0.6) is 0 Å². The van der Waals surface area contributed by atoms with Gasteiger partial charge in [0, 0.05) is 11.5 Å². The number of nitrogens with one attached hydrogen (secondary N) is 1. The van der Waals surface area contributed by atoms with Crippen LogP contribution in [-0.4, -0.2) is 6.04 Å². The maximum absolute atomic E-state index is 13.0. The van der Waals surface area contributed by atoms with Crippen LogP contribution in [0.2, 0.25) is 0 Å². The first kappa shape index (κ1) is 15.1. The van der Waals surface area contributed by atoms with Crippen molar-refractivity contribution in [1.82, 2.24) is 5.43 Å². The monoisotopic (exact) mass is 252 g/mol. The summed E-state index contributed by atoms with van der Waals surface area (Å²) in [6, 6.07) is 6.90. The highest BCUT2D eigenvalue weighted by Gasteiger charge is 2.34. The molecule has 0 aliphatic heterocycles. The van der Waals surface area contributed by atoms with Gasteiger partial charge in [-0.2, -0.15) is 0 Å². The number of benzene rings is 1. The number of rotatable bonds is 6. The first-order valence-corrected chi connectivity index (χ1v) is 6.69. The Hall–Kier alpha value is -0.930. The molecule has 1 rings (SSSR count). The minimum Gasteiger partial charge on any atom is -0.271 e. The van der Waals surface area contributed by atoms with Gasteiger partial charge in [-0.15, -0.1) is 0 Å². The Balaban J connectivity index is 3.05. The predicted molar refractivity (Wildman–Crippen MR) is 74.6 cm³/mol. The van der Waals surface area contributed by atoms with Crippen LogP contribution < -0.4 is 11.3 Å². The lowest BCUT2D eigenvalue weighted by Crippen LogP contribution is -2.52. The fraction of sp³-hybridized carbons (Fsp3) is 0.600. The topological polar surface area (TPSA) is 38.0 Å². The highest BCUT2D eigenvalue weighted by molar-refractivity contribution is 5.26. The van der Waals surface area contributed by atoms with Crippen molar-refractivity contribution in [3.8, 4) is 0 Å². The van der Waals surface area contributed by atoms with Gasteiger partial charge in [0.2, 0.25) is 0 Å². The molecule has 0 saturated heterocycles.